The molecule has 0 unspecified atom stereocenters. The molecule has 0 spiro atoms. The molecule has 1 saturated heterocycles. The number of fused-ring (bicyclic) bond motifs is 2. The van der Waals surface area contributed by atoms with Gasteiger partial charge >= 0.3 is 0 Å². The third-order valence-electron chi connectivity index (χ3n) is 6.27. The summed E-state index contributed by atoms with van der Waals surface area (Å²) in [7, 11) is 0. The van der Waals surface area contributed by atoms with Crippen molar-refractivity contribution < 1.29 is 4.79 Å². The van der Waals surface area contributed by atoms with Gasteiger partial charge in [-0.3, -0.25) is 4.79 Å². The zero-order valence-corrected chi connectivity index (χ0v) is 16.7. The highest BCUT2D eigenvalue weighted by Crippen LogP contribution is 2.26. The maximum Gasteiger partial charge on any atom is 0.225 e. The number of anilines is 1. The number of amides is 1. The van der Waals surface area contributed by atoms with Crippen LogP contribution in [0.25, 0.3) is 10.9 Å². The molecule has 2 aromatic heterocycles. The van der Waals surface area contributed by atoms with Crippen molar-refractivity contribution in [3.05, 3.63) is 53.5 Å². The summed E-state index contributed by atoms with van der Waals surface area (Å²) >= 11 is 0. The van der Waals surface area contributed by atoms with Crippen LogP contribution in [0, 0.1) is 5.92 Å². The van der Waals surface area contributed by atoms with Crippen molar-refractivity contribution in [3.8, 4) is 0 Å². The first-order valence-corrected chi connectivity index (χ1v) is 10.7. The molecule has 1 aliphatic carbocycles. The average Bonchev–Trinajstić information content (AvgIpc) is 3.43. The van der Waals surface area contributed by atoms with Crippen LogP contribution >= 0.6 is 0 Å². The first-order valence-electron chi connectivity index (χ1n) is 10.7. The Labute approximate surface area is 170 Å². The van der Waals surface area contributed by atoms with Gasteiger partial charge in [0.1, 0.15) is 0 Å². The van der Waals surface area contributed by atoms with Crippen LogP contribution in [0.3, 0.4) is 0 Å². The van der Waals surface area contributed by atoms with Gasteiger partial charge in [0.05, 0.1) is 0 Å². The molecule has 150 valence electrons. The molecule has 0 bridgehead atoms. The van der Waals surface area contributed by atoms with Crippen LogP contribution in [-0.2, 0) is 24.1 Å². The highest BCUT2D eigenvalue weighted by molar-refractivity contribution is 5.83. The third kappa shape index (κ3) is 3.71. The monoisotopic (exact) mass is 389 g/mol. The van der Waals surface area contributed by atoms with Crippen molar-refractivity contribution in [2.75, 3.05) is 24.5 Å². The van der Waals surface area contributed by atoms with Gasteiger partial charge < -0.3 is 15.2 Å². The van der Waals surface area contributed by atoms with E-state index in [-0.39, 0.29) is 11.8 Å². The van der Waals surface area contributed by atoms with E-state index in [1.54, 1.807) is 0 Å². The van der Waals surface area contributed by atoms with E-state index in [1.165, 1.54) is 23.8 Å². The SMILES string of the molecule is O=C(NCCc1c[nH]c2ccccc12)[C@@H]1CCc2nc(N3CCCC3)ncc2C1. The smallest absolute Gasteiger partial charge is 0.225 e. The Balaban J connectivity index is 1.17. The second kappa shape index (κ2) is 7.85. The fourth-order valence-electron chi connectivity index (χ4n) is 4.59. The first kappa shape index (κ1) is 18.2. The molecule has 0 radical (unpaired) electrons. The summed E-state index contributed by atoms with van der Waals surface area (Å²) < 4.78 is 0. The molecule has 3 aromatic rings. The predicted octanol–water partition coefficient (Wildman–Crippen LogP) is 3.02. The molecule has 1 aromatic carbocycles. The molecule has 1 amide bonds. The maximum atomic E-state index is 12.7. The van der Waals surface area contributed by atoms with Crippen molar-refractivity contribution in [1.29, 1.82) is 0 Å². The topological polar surface area (TPSA) is 73.9 Å². The number of nitrogens with one attached hydrogen (secondary N) is 2. The lowest BCUT2D eigenvalue weighted by atomic mass is 9.86. The summed E-state index contributed by atoms with van der Waals surface area (Å²) in [6.07, 6.45) is 9.74. The zero-order valence-electron chi connectivity index (χ0n) is 16.7. The summed E-state index contributed by atoms with van der Waals surface area (Å²) in [5.41, 5.74) is 4.66. The van der Waals surface area contributed by atoms with Crippen LogP contribution in [0.4, 0.5) is 5.95 Å². The van der Waals surface area contributed by atoms with Crippen molar-refractivity contribution in [2.24, 2.45) is 5.92 Å². The van der Waals surface area contributed by atoms with Gasteiger partial charge in [0, 0.05) is 54.5 Å². The number of rotatable bonds is 5. The van der Waals surface area contributed by atoms with E-state index in [2.05, 4.69) is 38.4 Å². The van der Waals surface area contributed by atoms with E-state index in [9.17, 15) is 4.79 Å². The van der Waals surface area contributed by atoms with Gasteiger partial charge in [-0.05, 0) is 55.7 Å². The van der Waals surface area contributed by atoms with Crippen LogP contribution < -0.4 is 10.2 Å². The lowest BCUT2D eigenvalue weighted by molar-refractivity contribution is -0.125. The number of aryl methyl sites for hydroxylation is 1. The van der Waals surface area contributed by atoms with Crippen LogP contribution in [0.15, 0.2) is 36.7 Å². The van der Waals surface area contributed by atoms with Gasteiger partial charge in [0.2, 0.25) is 11.9 Å². The Morgan fingerprint density at radius 2 is 2.10 bits per heavy atom. The highest BCUT2D eigenvalue weighted by atomic mass is 16.1. The fraction of sp³-hybridized carbons (Fsp3) is 0.435. The molecular weight excluding hydrogens is 362 g/mol. The number of carbonyl (C=O) groups excluding carboxylic acids is 1. The predicted molar refractivity (Wildman–Crippen MR) is 114 cm³/mol. The van der Waals surface area contributed by atoms with Gasteiger partial charge in [-0.25, -0.2) is 9.97 Å². The van der Waals surface area contributed by atoms with Crippen molar-refractivity contribution in [1.82, 2.24) is 20.3 Å². The van der Waals surface area contributed by atoms with E-state index in [1.807, 2.05) is 18.5 Å². The Kier molecular flexibility index (Phi) is 4.92. The molecular formula is C23H27N5O. The standard InChI is InChI=1S/C23H27N5O/c29-22(24-10-9-17-14-25-21-6-2-1-5-19(17)21)16-7-8-20-18(13-16)15-26-23(27-20)28-11-3-4-12-28/h1-2,5-6,14-16,25H,3-4,7-13H2,(H,24,29)/t16-/m1/s1. The minimum atomic E-state index is 0.0201. The highest BCUT2D eigenvalue weighted by Gasteiger charge is 2.27. The fourth-order valence-corrected chi connectivity index (χ4v) is 4.59. The number of benzene rings is 1. The Morgan fingerprint density at radius 1 is 1.24 bits per heavy atom. The lowest BCUT2D eigenvalue weighted by Crippen LogP contribution is -2.35. The van der Waals surface area contributed by atoms with E-state index >= 15 is 0 Å². The third-order valence-corrected chi connectivity index (χ3v) is 6.27. The quantitative estimate of drug-likeness (QED) is 0.703. The minimum absolute atomic E-state index is 0.0201. The number of H-pyrrole nitrogens is 1. The summed E-state index contributed by atoms with van der Waals surface area (Å²) in [5.74, 6) is 1.04. The molecule has 6 heteroatoms. The largest absolute Gasteiger partial charge is 0.361 e. The summed E-state index contributed by atoms with van der Waals surface area (Å²) in [5, 5.41) is 4.38. The second-order valence-corrected chi connectivity index (χ2v) is 8.18. The summed E-state index contributed by atoms with van der Waals surface area (Å²) in [6, 6.07) is 8.28. The number of aromatic nitrogens is 3. The van der Waals surface area contributed by atoms with Gasteiger partial charge in [0.25, 0.3) is 0 Å². The Morgan fingerprint density at radius 3 is 3.00 bits per heavy atom. The van der Waals surface area contributed by atoms with Crippen LogP contribution in [0.1, 0.15) is 36.1 Å². The van der Waals surface area contributed by atoms with Crippen LogP contribution in [-0.4, -0.2) is 40.5 Å². The maximum absolute atomic E-state index is 12.7. The van der Waals surface area contributed by atoms with E-state index < -0.39 is 0 Å². The van der Waals surface area contributed by atoms with Crippen molar-refractivity contribution in [2.45, 2.75) is 38.5 Å². The molecule has 2 N–H and O–H groups in total. The number of hydrogen-bond acceptors (Lipinski definition) is 4. The lowest BCUT2D eigenvalue weighted by Gasteiger charge is -2.24. The molecule has 29 heavy (non-hydrogen) atoms. The van der Waals surface area contributed by atoms with Gasteiger partial charge in [-0.2, -0.15) is 0 Å². The summed E-state index contributed by atoms with van der Waals surface area (Å²) in [6.45, 7) is 2.77. The number of nitrogens with zero attached hydrogens (tertiary/aromatic N) is 3. The Hall–Kier alpha value is -2.89. The average molecular weight is 390 g/mol. The molecule has 2 aliphatic rings. The molecule has 1 aliphatic heterocycles. The van der Waals surface area contributed by atoms with Gasteiger partial charge in [0.15, 0.2) is 0 Å². The minimum Gasteiger partial charge on any atom is -0.361 e. The number of para-hydroxylation sites is 1. The molecule has 3 heterocycles. The molecule has 5 rings (SSSR count). The van der Waals surface area contributed by atoms with Crippen molar-refractivity contribution in [3.63, 3.8) is 0 Å². The van der Waals surface area contributed by atoms with Gasteiger partial charge in [-0.1, -0.05) is 18.2 Å². The molecule has 1 fully saturated rings. The van der Waals surface area contributed by atoms with Gasteiger partial charge in [-0.15, -0.1) is 0 Å². The number of aromatic amines is 1. The van der Waals surface area contributed by atoms with E-state index in [0.717, 1.165) is 61.5 Å². The molecule has 6 nitrogen and oxygen atoms in total. The van der Waals surface area contributed by atoms with Crippen molar-refractivity contribution >= 4 is 22.8 Å². The zero-order chi connectivity index (χ0) is 19.6. The number of hydrogen-bond donors (Lipinski definition) is 2. The second-order valence-electron chi connectivity index (χ2n) is 8.18. The number of carbonyl (C=O) groups is 1. The van der Waals surface area contributed by atoms with Crippen LogP contribution in [0.2, 0.25) is 0 Å². The normalized spacial score (nSPS) is 18.8. The molecule has 0 saturated carbocycles. The summed E-state index contributed by atoms with van der Waals surface area (Å²) in [4.78, 5) is 27.6. The van der Waals surface area contributed by atoms with E-state index in [4.69, 9.17) is 4.98 Å². The Bertz CT molecular complexity index is 1020. The van der Waals surface area contributed by atoms with Crippen LogP contribution in [0.5, 0.6) is 0 Å². The molecule has 1 atom stereocenters. The first-order chi connectivity index (χ1) is 14.3. The van der Waals surface area contributed by atoms with E-state index in [0.29, 0.717) is 6.54 Å².